The molecule has 0 amide bonds. The van der Waals surface area contributed by atoms with Gasteiger partial charge in [0.25, 0.3) is 0 Å². The number of aromatic nitrogens is 4. The van der Waals surface area contributed by atoms with E-state index in [0.29, 0.717) is 30.5 Å². The molecule has 1 unspecified atom stereocenters. The third-order valence-corrected chi connectivity index (χ3v) is 6.42. The monoisotopic (exact) mass is 444 g/mol. The number of halogens is 4. The summed E-state index contributed by atoms with van der Waals surface area (Å²) >= 11 is 5.92. The van der Waals surface area contributed by atoms with E-state index >= 15 is 0 Å². The van der Waals surface area contributed by atoms with Crippen LogP contribution in [0.15, 0.2) is 12.3 Å². The summed E-state index contributed by atoms with van der Waals surface area (Å²) in [5.41, 5.74) is 5.18. The van der Waals surface area contributed by atoms with E-state index in [1.54, 1.807) is 6.07 Å². The summed E-state index contributed by atoms with van der Waals surface area (Å²) < 4.78 is 39.3. The molecule has 1 saturated carbocycles. The number of nitrogens with zero attached hydrogens (tertiary/aromatic N) is 4. The minimum Gasteiger partial charge on any atom is -0.382 e. The molecule has 0 spiro atoms. The van der Waals surface area contributed by atoms with Crippen molar-refractivity contribution in [2.75, 3.05) is 12.3 Å². The van der Waals surface area contributed by atoms with Crippen molar-refractivity contribution in [1.29, 1.82) is 0 Å². The van der Waals surface area contributed by atoms with Crippen molar-refractivity contribution in [3.05, 3.63) is 34.5 Å². The third-order valence-electron chi connectivity index (χ3n) is 6.13. The van der Waals surface area contributed by atoms with Crippen LogP contribution in [-0.4, -0.2) is 43.7 Å². The average molecular weight is 445 g/mol. The first-order chi connectivity index (χ1) is 14.0. The highest BCUT2D eigenvalue weighted by Crippen LogP contribution is 2.54. The number of aromatic amines is 1. The zero-order chi connectivity index (χ0) is 22.3. The Balaban J connectivity index is 1.92. The van der Waals surface area contributed by atoms with Gasteiger partial charge in [0.1, 0.15) is 22.4 Å². The lowest BCUT2D eigenvalue weighted by atomic mass is 9.57. The Kier molecular flexibility index (Phi) is 6.34. The van der Waals surface area contributed by atoms with Gasteiger partial charge in [0, 0.05) is 41.4 Å². The van der Waals surface area contributed by atoms with Crippen molar-refractivity contribution in [3.63, 3.8) is 0 Å². The Morgan fingerprint density at radius 2 is 2.00 bits per heavy atom. The molecule has 1 aliphatic carbocycles. The van der Waals surface area contributed by atoms with Crippen molar-refractivity contribution in [3.8, 4) is 0 Å². The number of hydrogen-bond donors (Lipinski definition) is 2. The quantitative estimate of drug-likeness (QED) is 0.600. The van der Waals surface area contributed by atoms with Crippen LogP contribution in [0.3, 0.4) is 0 Å². The van der Waals surface area contributed by atoms with Crippen LogP contribution in [0, 0.1) is 0 Å². The average Bonchev–Trinajstić information content (AvgIpc) is 3.02. The van der Waals surface area contributed by atoms with E-state index in [1.807, 2.05) is 0 Å². The predicted octanol–water partition coefficient (Wildman–Crippen LogP) is 4.78. The molecule has 2 aromatic rings. The molecule has 0 bridgehead atoms. The van der Waals surface area contributed by atoms with Crippen molar-refractivity contribution in [2.24, 2.45) is 0 Å². The Bertz CT molecular complexity index is 876. The largest absolute Gasteiger partial charge is 0.420 e. The van der Waals surface area contributed by atoms with Crippen molar-refractivity contribution in [1.82, 2.24) is 25.1 Å². The second-order valence-corrected chi connectivity index (χ2v) is 8.86. The number of hydrogen-bond acceptors (Lipinski definition) is 5. The Morgan fingerprint density at radius 1 is 1.33 bits per heavy atom. The SMILES string of the molecule is CCN(C(C)C)C(C)CC1(c2ncc(C(F)(F)F)c(Cl)n2)CC(c2cc(N)n[nH]2)C1. The van der Waals surface area contributed by atoms with Crippen LogP contribution >= 0.6 is 11.6 Å². The molecule has 0 aromatic carbocycles. The summed E-state index contributed by atoms with van der Waals surface area (Å²) in [6.45, 7) is 9.39. The van der Waals surface area contributed by atoms with Crippen LogP contribution in [0.1, 0.15) is 70.0 Å². The molecule has 166 valence electrons. The molecular formula is C20H28ClF3N6. The van der Waals surface area contributed by atoms with E-state index in [4.69, 9.17) is 17.3 Å². The van der Waals surface area contributed by atoms with E-state index in [0.717, 1.165) is 24.9 Å². The van der Waals surface area contributed by atoms with Gasteiger partial charge in [-0.05, 0) is 46.6 Å². The van der Waals surface area contributed by atoms with Crippen molar-refractivity contribution in [2.45, 2.75) is 76.6 Å². The molecule has 1 atom stereocenters. The Labute approximate surface area is 179 Å². The first-order valence-corrected chi connectivity index (χ1v) is 10.5. The number of nitrogens with one attached hydrogen (secondary N) is 1. The fourth-order valence-corrected chi connectivity index (χ4v) is 5.02. The molecular weight excluding hydrogens is 417 g/mol. The molecule has 6 nitrogen and oxygen atoms in total. The number of anilines is 1. The van der Waals surface area contributed by atoms with Crippen molar-refractivity contribution >= 4 is 17.4 Å². The first kappa shape index (κ1) is 22.8. The highest BCUT2D eigenvalue weighted by Gasteiger charge is 2.50. The van der Waals surface area contributed by atoms with Crippen LogP contribution in [0.5, 0.6) is 0 Å². The number of H-pyrrole nitrogens is 1. The van der Waals surface area contributed by atoms with Crippen LogP contribution in [0.2, 0.25) is 5.15 Å². The molecule has 1 fully saturated rings. The molecule has 3 N–H and O–H groups in total. The lowest BCUT2D eigenvalue weighted by Crippen LogP contribution is -2.48. The molecule has 10 heteroatoms. The van der Waals surface area contributed by atoms with Crippen molar-refractivity contribution < 1.29 is 13.2 Å². The Morgan fingerprint density at radius 3 is 2.47 bits per heavy atom. The third kappa shape index (κ3) is 4.42. The molecule has 0 radical (unpaired) electrons. The summed E-state index contributed by atoms with van der Waals surface area (Å²) in [6.07, 6.45) is -1.67. The zero-order valence-corrected chi connectivity index (χ0v) is 18.3. The van der Waals surface area contributed by atoms with Crippen LogP contribution in [0.25, 0.3) is 0 Å². The highest BCUT2D eigenvalue weighted by atomic mass is 35.5. The summed E-state index contributed by atoms with van der Waals surface area (Å²) in [5.74, 6) is 0.957. The Hall–Kier alpha value is -1.87. The minimum absolute atomic E-state index is 0.167. The molecule has 2 heterocycles. The standard InChI is InChI=1S/C20H28ClF3N6/c1-5-30(11(2)3)12(4)7-19(8-13(9-19)15-6-16(25)29-28-15)18-26-10-14(17(21)27-18)20(22,23)24/h6,10-13H,5,7-9H2,1-4H3,(H3,25,28,29). The molecule has 2 aromatic heterocycles. The van der Waals surface area contributed by atoms with Crippen LogP contribution < -0.4 is 5.73 Å². The van der Waals surface area contributed by atoms with Gasteiger partial charge in [-0.2, -0.15) is 18.3 Å². The predicted molar refractivity (Wildman–Crippen MR) is 110 cm³/mol. The molecule has 30 heavy (non-hydrogen) atoms. The number of nitrogen functional groups attached to an aromatic ring is 1. The van der Waals surface area contributed by atoms with Gasteiger partial charge >= 0.3 is 6.18 Å². The fraction of sp³-hybridized carbons (Fsp3) is 0.650. The highest BCUT2D eigenvalue weighted by molar-refractivity contribution is 6.30. The molecule has 0 aliphatic heterocycles. The second kappa shape index (κ2) is 8.34. The lowest BCUT2D eigenvalue weighted by molar-refractivity contribution is -0.138. The second-order valence-electron chi connectivity index (χ2n) is 8.51. The van der Waals surface area contributed by atoms with Gasteiger partial charge in [-0.1, -0.05) is 18.5 Å². The van der Waals surface area contributed by atoms with E-state index in [9.17, 15) is 13.2 Å². The molecule has 0 saturated heterocycles. The normalized spacial score (nSPS) is 23.1. The maximum Gasteiger partial charge on any atom is 0.420 e. The van der Waals surface area contributed by atoms with Gasteiger partial charge in [0.05, 0.1) is 0 Å². The number of nitrogens with two attached hydrogens (primary N) is 1. The minimum atomic E-state index is -4.58. The molecule has 1 aliphatic rings. The summed E-state index contributed by atoms with van der Waals surface area (Å²) in [4.78, 5) is 10.6. The van der Waals surface area contributed by atoms with Gasteiger partial charge < -0.3 is 5.73 Å². The maximum atomic E-state index is 13.1. The van der Waals surface area contributed by atoms with Gasteiger partial charge in [0.15, 0.2) is 0 Å². The van der Waals surface area contributed by atoms with Crippen LogP contribution in [-0.2, 0) is 11.6 Å². The maximum absolute atomic E-state index is 13.1. The van der Waals surface area contributed by atoms with Gasteiger partial charge in [-0.25, -0.2) is 9.97 Å². The summed E-state index contributed by atoms with van der Waals surface area (Å²) in [6, 6.07) is 2.35. The first-order valence-electron chi connectivity index (χ1n) is 10.1. The van der Waals surface area contributed by atoms with Crippen LogP contribution in [0.4, 0.5) is 19.0 Å². The lowest BCUT2D eigenvalue weighted by Gasteiger charge is -2.49. The zero-order valence-electron chi connectivity index (χ0n) is 17.6. The number of rotatable bonds is 7. The van der Waals surface area contributed by atoms with E-state index < -0.39 is 22.3 Å². The van der Waals surface area contributed by atoms with E-state index in [-0.39, 0.29) is 12.0 Å². The summed E-state index contributed by atoms with van der Waals surface area (Å²) in [5, 5.41) is 6.38. The van der Waals surface area contributed by atoms with E-state index in [1.165, 1.54) is 0 Å². The number of alkyl halides is 3. The summed E-state index contributed by atoms with van der Waals surface area (Å²) in [7, 11) is 0. The molecule has 3 rings (SSSR count). The fourth-order valence-electron chi connectivity index (χ4n) is 4.78. The van der Waals surface area contributed by atoms with Gasteiger partial charge in [-0.3, -0.25) is 10.00 Å². The van der Waals surface area contributed by atoms with E-state index in [2.05, 4.69) is 52.8 Å². The van der Waals surface area contributed by atoms with Gasteiger partial charge in [0.2, 0.25) is 0 Å². The van der Waals surface area contributed by atoms with Gasteiger partial charge in [-0.15, -0.1) is 0 Å². The topological polar surface area (TPSA) is 83.7 Å². The smallest absolute Gasteiger partial charge is 0.382 e.